The second-order valence-corrected chi connectivity index (χ2v) is 6.88. The van der Waals surface area contributed by atoms with E-state index < -0.39 is 6.04 Å². The lowest BCUT2D eigenvalue weighted by Crippen LogP contribution is -2.51. The van der Waals surface area contributed by atoms with Gasteiger partial charge in [0.25, 0.3) is 5.91 Å². The number of aromatic nitrogens is 2. The van der Waals surface area contributed by atoms with Gasteiger partial charge in [-0.25, -0.2) is 4.98 Å². The maximum Gasteiger partial charge on any atom is 0.255 e. The maximum absolute atomic E-state index is 12.9. The molecular formula is C20H26N4O2. The van der Waals surface area contributed by atoms with E-state index in [-0.39, 0.29) is 17.7 Å². The molecule has 1 aliphatic heterocycles. The van der Waals surface area contributed by atoms with Crippen LogP contribution in [-0.4, -0.2) is 38.9 Å². The summed E-state index contributed by atoms with van der Waals surface area (Å²) < 4.78 is 2.00. The van der Waals surface area contributed by atoms with Crippen molar-refractivity contribution in [2.45, 2.75) is 46.3 Å². The summed E-state index contributed by atoms with van der Waals surface area (Å²) in [6.45, 7) is 7.69. The number of benzene rings is 1. The molecule has 0 radical (unpaired) electrons. The average molecular weight is 354 g/mol. The summed E-state index contributed by atoms with van der Waals surface area (Å²) in [7, 11) is 0. The van der Waals surface area contributed by atoms with E-state index >= 15 is 0 Å². The van der Waals surface area contributed by atoms with Crippen molar-refractivity contribution in [1.29, 1.82) is 0 Å². The lowest BCUT2D eigenvalue weighted by atomic mass is 9.96. The van der Waals surface area contributed by atoms with Crippen LogP contribution in [0.1, 0.15) is 42.0 Å². The van der Waals surface area contributed by atoms with E-state index in [1.165, 1.54) is 0 Å². The number of nitrogens with one attached hydrogen (secondary N) is 1. The number of rotatable bonds is 7. The third-order valence-corrected chi connectivity index (χ3v) is 5.21. The van der Waals surface area contributed by atoms with Crippen LogP contribution >= 0.6 is 0 Å². The number of amides is 2. The molecular weight excluding hydrogens is 328 g/mol. The van der Waals surface area contributed by atoms with Crippen LogP contribution in [0, 0.1) is 12.8 Å². The summed E-state index contributed by atoms with van der Waals surface area (Å²) in [4.78, 5) is 31.6. The molecule has 138 valence electrons. The van der Waals surface area contributed by atoms with Crippen LogP contribution < -0.4 is 5.32 Å². The fourth-order valence-corrected chi connectivity index (χ4v) is 3.48. The summed E-state index contributed by atoms with van der Waals surface area (Å²) in [5.41, 5.74) is 1.70. The molecule has 2 unspecified atom stereocenters. The molecule has 2 aromatic rings. The van der Waals surface area contributed by atoms with E-state index in [2.05, 4.69) is 10.3 Å². The third-order valence-electron chi connectivity index (χ3n) is 5.21. The highest BCUT2D eigenvalue weighted by molar-refractivity contribution is 6.01. The van der Waals surface area contributed by atoms with Crippen LogP contribution in [0.25, 0.3) is 0 Å². The van der Waals surface area contributed by atoms with Crippen molar-refractivity contribution in [2.75, 3.05) is 6.54 Å². The standard InChI is InChI=1S/C20H26N4O2/c1-4-14(2)18(19(25)22-10-12-23-11-9-21-15(23)3)24-13-16-7-5-6-8-17(16)20(24)26/h5-9,11,14,18H,4,10,12-13H2,1-3H3,(H,22,25). The Balaban J connectivity index is 1.69. The van der Waals surface area contributed by atoms with E-state index in [4.69, 9.17) is 0 Å². The first-order chi connectivity index (χ1) is 12.5. The van der Waals surface area contributed by atoms with Gasteiger partial charge in [-0.3, -0.25) is 9.59 Å². The van der Waals surface area contributed by atoms with Crippen LogP contribution in [0.3, 0.4) is 0 Å². The van der Waals surface area contributed by atoms with E-state index in [1.54, 1.807) is 11.1 Å². The van der Waals surface area contributed by atoms with Gasteiger partial charge in [-0.15, -0.1) is 0 Å². The molecule has 1 N–H and O–H groups in total. The first-order valence-electron chi connectivity index (χ1n) is 9.17. The SMILES string of the molecule is CCC(C)C(C(=O)NCCn1ccnc1C)N1Cc2ccccc2C1=O. The van der Waals surface area contributed by atoms with Crippen molar-refractivity contribution < 1.29 is 9.59 Å². The van der Waals surface area contributed by atoms with Crippen LogP contribution in [0.5, 0.6) is 0 Å². The van der Waals surface area contributed by atoms with Crippen LogP contribution in [0.15, 0.2) is 36.7 Å². The zero-order valence-electron chi connectivity index (χ0n) is 15.6. The monoisotopic (exact) mass is 354 g/mol. The highest BCUT2D eigenvalue weighted by Crippen LogP contribution is 2.28. The zero-order chi connectivity index (χ0) is 18.7. The second kappa shape index (κ2) is 7.72. The van der Waals surface area contributed by atoms with Gasteiger partial charge in [0.15, 0.2) is 0 Å². The molecule has 26 heavy (non-hydrogen) atoms. The predicted molar refractivity (Wildman–Crippen MR) is 99.5 cm³/mol. The Bertz CT molecular complexity index is 799. The van der Waals surface area contributed by atoms with Crippen molar-refractivity contribution in [3.63, 3.8) is 0 Å². The van der Waals surface area contributed by atoms with Crippen LogP contribution in [-0.2, 0) is 17.9 Å². The van der Waals surface area contributed by atoms with E-state index in [1.807, 2.05) is 55.8 Å². The zero-order valence-corrected chi connectivity index (χ0v) is 15.6. The Morgan fingerprint density at radius 3 is 2.77 bits per heavy atom. The fourth-order valence-electron chi connectivity index (χ4n) is 3.48. The molecule has 6 heteroatoms. The summed E-state index contributed by atoms with van der Waals surface area (Å²) in [6, 6.07) is 7.14. The molecule has 2 heterocycles. The normalized spacial score (nSPS) is 15.7. The highest BCUT2D eigenvalue weighted by Gasteiger charge is 2.38. The largest absolute Gasteiger partial charge is 0.353 e. The van der Waals surface area contributed by atoms with Crippen molar-refractivity contribution >= 4 is 11.8 Å². The van der Waals surface area contributed by atoms with E-state index in [0.29, 0.717) is 25.2 Å². The smallest absolute Gasteiger partial charge is 0.255 e. The quantitative estimate of drug-likeness (QED) is 0.830. The molecule has 1 aliphatic rings. The molecule has 1 aromatic carbocycles. The van der Waals surface area contributed by atoms with Gasteiger partial charge in [0, 0.05) is 37.6 Å². The number of carbonyl (C=O) groups excluding carboxylic acids is 2. The van der Waals surface area contributed by atoms with Gasteiger partial charge < -0.3 is 14.8 Å². The first-order valence-corrected chi connectivity index (χ1v) is 9.17. The molecule has 0 saturated carbocycles. The molecule has 6 nitrogen and oxygen atoms in total. The molecule has 0 bridgehead atoms. The highest BCUT2D eigenvalue weighted by atomic mass is 16.2. The summed E-state index contributed by atoms with van der Waals surface area (Å²) in [5, 5.41) is 3.01. The average Bonchev–Trinajstić information content (AvgIpc) is 3.19. The molecule has 1 aromatic heterocycles. The second-order valence-electron chi connectivity index (χ2n) is 6.88. The Kier molecular flexibility index (Phi) is 5.40. The van der Waals surface area contributed by atoms with E-state index in [9.17, 15) is 9.59 Å². The van der Waals surface area contributed by atoms with Gasteiger partial charge in [0.1, 0.15) is 11.9 Å². The molecule has 2 amide bonds. The number of hydrogen-bond donors (Lipinski definition) is 1. The molecule has 3 rings (SSSR count). The molecule has 2 atom stereocenters. The number of hydrogen-bond acceptors (Lipinski definition) is 3. The summed E-state index contributed by atoms with van der Waals surface area (Å²) in [6.07, 6.45) is 4.48. The topological polar surface area (TPSA) is 67.2 Å². The van der Waals surface area contributed by atoms with Gasteiger partial charge in [0.2, 0.25) is 5.91 Å². The number of fused-ring (bicyclic) bond motifs is 1. The van der Waals surface area contributed by atoms with Gasteiger partial charge in [-0.2, -0.15) is 0 Å². The number of aryl methyl sites for hydroxylation is 1. The Morgan fingerprint density at radius 1 is 1.35 bits per heavy atom. The molecule has 0 fully saturated rings. The lowest BCUT2D eigenvalue weighted by Gasteiger charge is -2.31. The number of imidazole rings is 1. The maximum atomic E-state index is 12.9. The van der Waals surface area contributed by atoms with Crippen LogP contribution in [0.2, 0.25) is 0 Å². The van der Waals surface area contributed by atoms with Crippen LogP contribution in [0.4, 0.5) is 0 Å². The summed E-state index contributed by atoms with van der Waals surface area (Å²) >= 11 is 0. The third kappa shape index (κ3) is 3.49. The Morgan fingerprint density at radius 2 is 2.12 bits per heavy atom. The predicted octanol–water partition coefficient (Wildman–Crippen LogP) is 2.38. The van der Waals surface area contributed by atoms with Crippen molar-refractivity contribution in [3.8, 4) is 0 Å². The Labute approximate surface area is 154 Å². The first kappa shape index (κ1) is 18.2. The summed E-state index contributed by atoms with van der Waals surface area (Å²) in [5.74, 6) is 0.871. The minimum absolute atomic E-state index is 0.0495. The van der Waals surface area contributed by atoms with Crippen molar-refractivity contribution in [1.82, 2.24) is 19.8 Å². The number of carbonyl (C=O) groups is 2. The molecule has 0 aliphatic carbocycles. The Hall–Kier alpha value is -2.63. The molecule has 0 saturated heterocycles. The van der Waals surface area contributed by atoms with Gasteiger partial charge >= 0.3 is 0 Å². The van der Waals surface area contributed by atoms with Crippen molar-refractivity contribution in [2.24, 2.45) is 5.92 Å². The minimum Gasteiger partial charge on any atom is -0.353 e. The van der Waals surface area contributed by atoms with Gasteiger partial charge in [-0.05, 0) is 24.5 Å². The van der Waals surface area contributed by atoms with Gasteiger partial charge in [-0.1, -0.05) is 38.5 Å². The lowest BCUT2D eigenvalue weighted by molar-refractivity contribution is -0.127. The van der Waals surface area contributed by atoms with Gasteiger partial charge in [0.05, 0.1) is 0 Å². The fraction of sp³-hybridized carbons (Fsp3) is 0.450. The van der Waals surface area contributed by atoms with E-state index in [0.717, 1.165) is 17.8 Å². The number of nitrogens with zero attached hydrogens (tertiary/aromatic N) is 3. The molecule has 0 spiro atoms. The minimum atomic E-state index is -0.455. The van der Waals surface area contributed by atoms with Crippen molar-refractivity contribution in [3.05, 3.63) is 53.6 Å².